The predicted molar refractivity (Wildman–Crippen MR) is 66.1 cm³/mol. The molecule has 2 rings (SSSR count). The Bertz CT molecular complexity index is 436. The second-order valence-electron chi connectivity index (χ2n) is 5.10. The summed E-state index contributed by atoms with van der Waals surface area (Å²) in [7, 11) is 0. The van der Waals surface area contributed by atoms with Crippen LogP contribution in [0.5, 0.6) is 0 Å². The summed E-state index contributed by atoms with van der Waals surface area (Å²) < 4.78 is 7.22. The van der Waals surface area contributed by atoms with Gasteiger partial charge in [-0.15, -0.1) is 12.6 Å². The Morgan fingerprint density at radius 1 is 1.47 bits per heavy atom. The summed E-state index contributed by atoms with van der Waals surface area (Å²) in [6.07, 6.45) is 1.43. The molecule has 1 aliphatic heterocycles. The zero-order valence-corrected chi connectivity index (χ0v) is 11.2. The fraction of sp³-hybridized carbons (Fsp3) is 0.636. The molecule has 0 atom stereocenters. The summed E-state index contributed by atoms with van der Waals surface area (Å²) in [5, 5.41) is 4.19. The largest absolute Gasteiger partial charge is 0.444 e. The molecule has 0 aromatic carbocycles. The van der Waals surface area contributed by atoms with Gasteiger partial charge in [-0.2, -0.15) is 5.10 Å². The van der Waals surface area contributed by atoms with E-state index in [1.54, 1.807) is 11.1 Å². The predicted octanol–water partition coefficient (Wildman–Crippen LogP) is 1.92. The molecule has 0 aliphatic carbocycles. The van der Waals surface area contributed by atoms with Crippen LogP contribution in [0, 0.1) is 0 Å². The molecule has 0 fully saturated rings. The van der Waals surface area contributed by atoms with Crippen LogP contribution in [-0.2, 0) is 17.8 Å². The zero-order chi connectivity index (χ0) is 12.6. The number of amides is 1. The molecule has 0 bridgehead atoms. The lowest BCUT2D eigenvalue weighted by molar-refractivity contribution is 0.0192. The monoisotopic (exact) mass is 255 g/mol. The van der Waals surface area contributed by atoms with Crippen molar-refractivity contribution in [3.63, 3.8) is 0 Å². The van der Waals surface area contributed by atoms with E-state index < -0.39 is 5.60 Å². The first-order chi connectivity index (χ1) is 7.87. The van der Waals surface area contributed by atoms with Gasteiger partial charge in [-0.3, -0.25) is 4.68 Å². The third kappa shape index (κ3) is 2.74. The number of rotatable bonds is 0. The van der Waals surface area contributed by atoms with E-state index >= 15 is 0 Å². The number of nitrogens with zero attached hydrogens (tertiary/aromatic N) is 3. The Morgan fingerprint density at radius 2 is 2.18 bits per heavy atom. The molecule has 6 heteroatoms. The fourth-order valence-electron chi connectivity index (χ4n) is 1.71. The zero-order valence-electron chi connectivity index (χ0n) is 10.3. The molecule has 0 saturated carbocycles. The van der Waals surface area contributed by atoms with Gasteiger partial charge in [0.25, 0.3) is 0 Å². The maximum Gasteiger partial charge on any atom is 0.410 e. The number of hydrogen-bond donors (Lipinski definition) is 1. The molecule has 94 valence electrons. The van der Waals surface area contributed by atoms with E-state index in [4.69, 9.17) is 4.74 Å². The van der Waals surface area contributed by atoms with Gasteiger partial charge in [-0.1, -0.05) is 0 Å². The molecule has 17 heavy (non-hydrogen) atoms. The van der Waals surface area contributed by atoms with Crippen molar-refractivity contribution in [3.8, 4) is 0 Å². The van der Waals surface area contributed by atoms with E-state index in [0.29, 0.717) is 19.6 Å². The average molecular weight is 255 g/mol. The molecule has 0 spiro atoms. The fourth-order valence-corrected chi connectivity index (χ4v) is 1.95. The van der Waals surface area contributed by atoms with Gasteiger partial charge in [0.2, 0.25) is 0 Å². The normalized spacial score (nSPS) is 15.6. The van der Waals surface area contributed by atoms with Crippen LogP contribution in [0.1, 0.15) is 26.5 Å². The van der Waals surface area contributed by atoms with E-state index in [0.717, 1.165) is 10.6 Å². The molecule has 2 heterocycles. The minimum atomic E-state index is -0.460. The molecule has 5 nitrogen and oxygen atoms in total. The molecular formula is C11H17N3O2S. The Hall–Kier alpha value is -1.17. The molecule has 1 aromatic rings. The van der Waals surface area contributed by atoms with E-state index in [1.807, 2.05) is 25.5 Å². The molecule has 0 radical (unpaired) electrons. The smallest absolute Gasteiger partial charge is 0.410 e. The lowest BCUT2D eigenvalue weighted by Gasteiger charge is -2.30. The van der Waals surface area contributed by atoms with E-state index in [-0.39, 0.29) is 6.09 Å². The Balaban J connectivity index is 2.07. The second-order valence-corrected chi connectivity index (χ2v) is 5.58. The highest BCUT2D eigenvalue weighted by molar-refractivity contribution is 7.80. The van der Waals surface area contributed by atoms with Crippen LogP contribution < -0.4 is 0 Å². The molecule has 1 aliphatic rings. The van der Waals surface area contributed by atoms with Crippen LogP contribution in [0.4, 0.5) is 4.79 Å². The van der Waals surface area contributed by atoms with Crippen molar-refractivity contribution in [3.05, 3.63) is 11.9 Å². The van der Waals surface area contributed by atoms with Crippen molar-refractivity contribution in [2.75, 3.05) is 6.54 Å². The van der Waals surface area contributed by atoms with E-state index in [1.165, 1.54) is 0 Å². The number of carbonyl (C=O) groups excluding carboxylic acids is 1. The number of thiol groups is 1. The van der Waals surface area contributed by atoms with Crippen molar-refractivity contribution in [1.29, 1.82) is 0 Å². The number of hydrogen-bond acceptors (Lipinski definition) is 4. The second kappa shape index (κ2) is 4.25. The van der Waals surface area contributed by atoms with Gasteiger partial charge >= 0.3 is 6.09 Å². The van der Waals surface area contributed by atoms with Crippen LogP contribution in [0.2, 0.25) is 0 Å². The first-order valence-corrected chi connectivity index (χ1v) is 6.03. The Kier molecular flexibility index (Phi) is 3.07. The molecule has 0 saturated heterocycles. The van der Waals surface area contributed by atoms with Crippen LogP contribution in [0.25, 0.3) is 0 Å². The summed E-state index contributed by atoms with van der Waals surface area (Å²) in [6, 6.07) is 0. The molecular weight excluding hydrogens is 238 g/mol. The van der Waals surface area contributed by atoms with Crippen molar-refractivity contribution in [1.82, 2.24) is 14.7 Å². The van der Waals surface area contributed by atoms with Crippen molar-refractivity contribution >= 4 is 18.7 Å². The van der Waals surface area contributed by atoms with Gasteiger partial charge < -0.3 is 9.64 Å². The highest BCUT2D eigenvalue weighted by Crippen LogP contribution is 2.20. The quantitative estimate of drug-likeness (QED) is 0.720. The lowest BCUT2D eigenvalue weighted by Crippen LogP contribution is -2.41. The molecule has 1 aromatic heterocycles. The molecule has 1 amide bonds. The first-order valence-electron chi connectivity index (χ1n) is 5.58. The standard InChI is InChI=1S/C11H17N3O2S/c1-11(2,3)16-10(15)13-4-5-14-8(7-13)9(17)6-12-14/h6,17H,4-5,7H2,1-3H3. The third-order valence-corrected chi connectivity index (χ3v) is 2.87. The van der Waals surface area contributed by atoms with Gasteiger partial charge in [0.1, 0.15) is 5.60 Å². The van der Waals surface area contributed by atoms with Gasteiger partial charge in [0, 0.05) is 11.4 Å². The van der Waals surface area contributed by atoms with Gasteiger partial charge in [-0.25, -0.2) is 4.79 Å². The maximum absolute atomic E-state index is 11.9. The average Bonchev–Trinajstić information content (AvgIpc) is 2.57. The molecule has 0 N–H and O–H groups in total. The number of aromatic nitrogens is 2. The van der Waals surface area contributed by atoms with Crippen molar-refractivity contribution in [2.24, 2.45) is 0 Å². The third-order valence-electron chi connectivity index (χ3n) is 2.50. The van der Waals surface area contributed by atoms with Crippen LogP contribution in [-0.4, -0.2) is 32.9 Å². The summed E-state index contributed by atoms with van der Waals surface area (Å²) in [5.74, 6) is 0. The van der Waals surface area contributed by atoms with E-state index in [9.17, 15) is 4.79 Å². The summed E-state index contributed by atoms with van der Waals surface area (Å²) >= 11 is 4.32. The summed E-state index contributed by atoms with van der Waals surface area (Å²) in [6.45, 7) is 7.41. The minimum absolute atomic E-state index is 0.280. The lowest BCUT2D eigenvalue weighted by atomic mass is 10.2. The topological polar surface area (TPSA) is 47.4 Å². The van der Waals surface area contributed by atoms with E-state index in [2.05, 4.69) is 17.7 Å². The Morgan fingerprint density at radius 3 is 2.82 bits per heavy atom. The number of fused-ring (bicyclic) bond motifs is 1. The van der Waals surface area contributed by atoms with Gasteiger partial charge in [0.05, 0.1) is 25.0 Å². The molecule has 0 unspecified atom stereocenters. The first kappa shape index (κ1) is 12.3. The van der Waals surface area contributed by atoms with Gasteiger partial charge in [-0.05, 0) is 20.8 Å². The maximum atomic E-state index is 11.9. The summed E-state index contributed by atoms with van der Waals surface area (Å²) in [5.41, 5.74) is 0.504. The van der Waals surface area contributed by atoms with Crippen LogP contribution in [0.3, 0.4) is 0 Å². The highest BCUT2D eigenvalue weighted by Gasteiger charge is 2.26. The Labute approximate surface area is 106 Å². The number of ether oxygens (including phenoxy) is 1. The summed E-state index contributed by atoms with van der Waals surface area (Å²) in [4.78, 5) is 14.4. The van der Waals surface area contributed by atoms with Crippen molar-refractivity contribution < 1.29 is 9.53 Å². The van der Waals surface area contributed by atoms with Crippen LogP contribution >= 0.6 is 12.6 Å². The van der Waals surface area contributed by atoms with Crippen LogP contribution in [0.15, 0.2) is 11.1 Å². The highest BCUT2D eigenvalue weighted by atomic mass is 32.1. The van der Waals surface area contributed by atoms with Crippen molar-refractivity contribution in [2.45, 2.75) is 44.4 Å². The number of carbonyl (C=O) groups is 1. The minimum Gasteiger partial charge on any atom is -0.444 e. The SMILES string of the molecule is CC(C)(C)OC(=O)N1CCn2ncc(S)c2C1. The van der Waals surface area contributed by atoms with Gasteiger partial charge in [0.15, 0.2) is 0 Å².